The van der Waals surface area contributed by atoms with Crippen LogP contribution in [0, 0.1) is 5.82 Å². The highest BCUT2D eigenvalue weighted by atomic mass is 19.1. The third kappa shape index (κ3) is 3.29. The zero-order valence-corrected chi connectivity index (χ0v) is 10.0. The lowest BCUT2D eigenvalue weighted by atomic mass is 10.2. The first-order chi connectivity index (χ1) is 9.10. The quantitative estimate of drug-likeness (QED) is 0.822. The van der Waals surface area contributed by atoms with E-state index in [1.807, 2.05) is 0 Å². The Hall–Kier alpha value is -1.95. The van der Waals surface area contributed by atoms with E-state index in [1.165, 1.54) is 12.1 Å². The molecule has 1 aliphatic rings. The predicted octanol–water partition coefficient (Wildman–Crippen LogP) is 1.65. The van der Waals surface area contributed by atoms with Crippen LogP contribution in [0.1, 0.15) is 23.2 Å². The normalized spacial score (nSPS) is 22.2. The molecule has 0 aromatic heterocycles. The smallest absolute Gasteiger partial charge is 0.332 e. The summed E-state index contributed by atoms with van der Waals surface area (Å²) in [6.45, 7) is 0.0845. The molecular weight excluding hydrogens is 255 g/mol. The molecular formula is C13H13FO5. The van der Waals surface area contributed by atoms with Crippen LogP contribution in [-0.2, 0) is 9.53 Å². The van der Waals surface area contributed by atoms with Crippen molar-refractivity contribution in [2.45, 2.75) is 25.0 Å². The molecule has 2 unspecified atom stereocenters. The van der Waals surface area contributed by atoms with Crippen LogP contribution in [-0.4, -0.2) is 36.2 Å². The lowest BCUT2D eigenvalue weighted by Gasteiger charge is -2.13. The van der Waals surface area contributed by atoms with Crippen LogP contribution in [0.5, 0.6) is 5.75 Å². The molecule has 0 spiro atoms. The first kappa shape index (κ1) is 13.5. The van der Waals surface area contributed by atoms with Gasteiger partial charge in [0.15, 0.2) is 17.7 Å². The Morgan fingerprint density at radius 2 is 2.32 bits per heavy atom. The minimum Gasteiger partial charge on any atom is -0.488 e. The maximum atomic E-state index is 13.5. The maximum absolute atomic E-state index is 13.5. The number of halogens is 1. The highest BCUT2D eigenvalue weighted by molar-refractivity contribution is 5.75. The second-order valence-corrected chi connectivity index (χ2v) is 4.28. The van der Waals surface area contributed by atoms with Gasteiger partial charge in [-0.2, -0.15) is 0 Å². The van der Waals surface area contributed by atoms with Crippen molar-refractivity contribution < 1.29 is 28.6 Å². The molecule has 1 fully saturated rings. The van der Waals surface area contributed by atoms with Gasteiger partial charge in [-0.1, -0.05) is 0 Å². The van der Waals surface area contributed by atoms with Crippen molar-refractivity contribution in [3.63, 3.8) is 0 Å². The molecule has 0 aliphatic carbocycles. The van der Waals surface area contributed by atoms with Gasteiger partial charge in [-0.25, -0.2) is 9.18 Å². The van der Waals surface area contributed by atoms with E-state index >= 15 is 0 Å². The zero-order valence-electron chi connectivity index (χ0n) is 10.0. The molecule has 0 bridgehead atoms. The molecule has 0 radical (unpaired) electrons. The Kier molecular flexibility index (Phi) is 4.11. The van der Waals surface area contributed by atoms with E-state index in [9.17, 15) is 14.0 Å². The second-order valence-electron chi connectivity index (χ2n) is 4.28. The van der Waals surface area contributed by atoms with Crippen LogP contribution >= 0.6 is 0 Å². The van der Waals surface area contributed by atoms with Gasteiger partial charge >= 0.3 is 5.97 Å². The highest BCUT2D eigenvalue weighted by Gasteiger charge is 2.30. The summed E-state index contributed by atoms with van der Waals surface area (Å²) in [5.74, 6) is -1.60. The Bertz CT molecular complexity index is 488. The molecule has 0 saturated carbocycles. The van der Waals surface area contributed by atoms with Crippen molar-refractivity contribution in [1.82, 2.24) is 0 Å². The molecule has 6 heteroatoms. The summed E-state index contributed by atoms with van der Waals surface area (Å²) in [5.41, 5.74) is 0.230. The monoisotopic (exact) mass is 268 g/mol. The average molecular weight is 268 g/mol. The van der Waals surface area contributed by atoms with E-state index in [4.69, 9.17) is 14.6 Å². The molecule has 1 aromatic carbocycles. The lowest BCUT2D eigenvalue weighted by molar-refractivity contribution is -0.149. The van der Waals surface area contributed by atoms with Gasteiger partial charge in [-0.05, 0) is 31.0 Å². The van der Waals surface area contributed by atoms with Crippen molar-refractivity contribution in [3.8, 4) is 5.75 Å². The molecule has 102 valence electrons. The first-order valence-corrected chi connectivity index (χ1v) is 5.86. The summed E-state index contributed by atoms with van der Waals surface area (Å²) < 4.78 is 24.0. The topological polar surface area (TPSA) is 72.8 Å². The Morgan fingerprint density at radius 3 is 2.89 bits per heavy atom. The minimum atomic E-state index is -0.996. The SMILES string of the molecule is O=Cc1ccc(OCC2CCC(C(=O)O)O2)c(F)c1. The van der Waals surface area contributed by atoms with E-state index in [-0.39, 0.29) is 24.0 Å². The van der Waals surface area contributed by atoms with Gasteiger partial charge in [-0.15, -0.1) is 0 Å². The van der Waals surface area contributed by atoms with Gasteiger partial charge in [0.25, 0.3) is 0 Å². The molecule has 0 amide bonds. The fourth-order valence-corrected chi connectivity index (χ4v) is 1.90. The van der Waals surface area contributed by atoms with Gasteiger partial charge < -0.3 is 14.6 Å². The predicted molar refractivity (Wildman–Crippen MR) is 62.8 cm³/mol. The molecule has 2 rings (SSSR count). The van der Waals surface area contributed by atoms with Gasteiger partial charge in [-0.3, -0.25) is 4.79 Å². The number of aliphatic carboxylic acids is 1. The number of ether oxygens (including phenoxy) is 2. The number of carbonyl (C=O) groups is 2. The summed E-state index contributed by atoms with van der Waals surface area (Å²) in [7, 11) is 0. The first-order valence-electron chi connectivity index (χ1n) is 5.86. The van der Waals surface area contributed by atoms with Crippen LogP contribution in [0.15, 0.2) is 18.2 Å². The van der Waals surface area contributed by atoms with Crippen molar-refractivity contribution in [2.75, 3.05) is 6.61 Å². The number of hydrogen-bond donors (Lipinski definition) is 1. The summed E-state index contributed by atoms with van der Waals surface area (Å²) in [4.78, 5) is 21.1. The molecule has 1 aromatic rings. The summed E-state index contributed by atoms with van der Waals surface area (Å²) in [6, 6.07) is 3.89. The molecule has 19 heavy (non-hydrogen) atoms. The van der Waals surface area contributed by atoms with Crippen molar-refractivity contribution >= 4 is 12.3 Å². The third-order valence-electron chi connectivity index (χ3n) is 2.90. The summed E-state index contributed by atoms with van der Waals surface area (Å²) >= 11 is 0. The second kappa shape index (κ2) is 5.79. The largest absolute Gasteiger partial charge is 0.488 e. The van der Waals surface area contributed by atoms with E-state index in [2.05, 4.69) is 0 Å². The van der Waals surface area contributed by atoms with Crippen LogP contribution < -0.4 is 4.74 Å². The van der Waals surface area contributed by atoms with E-state index in [1.54, 1.807) is 0 Å². The summed E-state index contributed by atoms with van der Waals surface area (Å²) in [5, 5.41) is 8.76. The lowest BCUT2D eigenvalue weighted by Crippen LogP contribution is -2.23. The molecule has 5 nitrogen and oxygen atoms in total. The van der Waals surface area contributed by atoms with Crippen molar-refractivity contribution in [3.05, 3.63) is 29.6 Å². The number of aldehydes is 1. The van der Waals surface area contributed by atoms with Gasteiger partial charge in [0.2, 0.25) is 0 Å². The van der Waals surface area contributed by atoms with Crippen LogP contribution in [0.2, 0.25) is 0 Å². The third-order valence-corrected chi connectivity index (χ3v) is 2.90. The molecule has 1 heterocycles. The van der Waals surface area contributed by atoms with Gasteiger partial charge in [0.05, 0.1) is 6.10 Å². The van der Waals surface area contributed by atoms with Crippen molar-refractivity contribution in [1.29, 1.82) is 0 Å². The van der Waals surface area contributed by atoms with Crippen molar-refractivity contribution in [2.24, 2.45) is 0 Å². The highest BCUT2D eigenvalue weighted by Crippen LogP contribution is 2.23. The fourth-order valence-electron chi connectivity index (χ4n) is 1.90. The average Bonchev–Trinajstić information content (AvgIpc) is 2.86. The fraction of sp³-hybridized carbons (Fsp3) is 0.385. The molecule has 1 N–H and O–H groups in total. The number of carboxylic acids is 1. The standard InChI is InChI=1S/C13H13FO5/c14-10-5-8(6-15)1-3-11(10)18-7-9-2-4-12(19-9)13(16)17/h1,3,5-6,9,12H,2,4,7H2,(H,16,17). The Morgan fingerprint density at radius 1 is 1.53 bits per heavy atom. The van der Waals surface area contributed by atoms with E-state index in [0.29, 0.717) is 19.1 Å². The van der Waals surface area contributed by atoms with E-state index in [0.717, 1.165) is 6.07 Å². The van der Waals surface area contributed by atoms with E-state index < -0.39 is 17.9 Å². The zero-order chi connectivity index (χ0) is 13.8. The number of rotatable bonds is 5. The Balaban J connectivity index is 1.89. The number of hydrogen-bond acceptors (Lipinski definition) is 4. The summed E-state index contributed by atoms with van der Waals surface area (Å²) in [6.07, 6.45) is 0.368. The molecule has 1 saturated heterocycles. The maximum Gasteiger partial charge on any atom is 0.332 e. The minimum absolute atomic E-state index is 0.0213. The number of benzene rings is 1. The van der Waals surface area contributed by atoms with Crippen LogP contribution in [0.3, 0.4) is 0 Å². The molecule has 1 aliphatic heterocycles. The van der Waals surface area contributed by atoms with Crippen LogP contribution in [0.4, 0.5) is 4.39 Å². The van der Waals surface area contributed by atoms with Gasteiger partial charge in [0, 0.05) is 5.56 Å². The Labute approximate surface area is 108 Å². The van der Waals surface area contributed by atoms with Crippen LogP contribution in [0.25, 0.3) is 0 Å². The van der Waals surface area contributed by atoms with Gasteiger partial charge in [0.1, 0.15) is 12.9 Å². The molecule has 2 atom stereocenters. The number of carbonyl (C=O) groups excluding carboxylic acids is 1. The number of carboxylic acid groups (broad SMARTS) is 1.